The number of anilines is 1. The molecule has 0 unspecified atom stereocenters. The van der Waals surface area contributed by atoms with Crippen molar-refractivity contribution in [3.05, 3.63) is 24.3 Å². The van der Waals surface area contributed by atoms with Crippen molar-refractivity contribution in [1.29, 1.82) is 0 Å². The van der Waals surface area contributed by atoms with Gasteiger partial charge in [-0.25, -0.2) is 9.59 Å². The van der Waals surface area contributed by atoms with E-state index >= 15 is 0 Å². The van der Waals surface area contributed by atoms with Gasteiger partial charge in [-0.1, -0.05) is 0 Å². The van der Waals surface area contributed by atoms with Crippen LogP contribution in [0.25, 0.3) is 0 Å². The molecule has 0 spiro atoms. The lowest BCUT2D eigenvalue weighted by Gasteiger charge is -2.18. The maximum absolute atomic E-state index is 12.1. The van der Waals surface area contributed by atoms with Gasteiger partial charge < -0.3 is 19.7 Å². The number of nitrogens with one attached hydrogen (secondary N) is 1. The summed E-state index contributed by atoms with van der Waals surface area (Å²) in [5.74, 6) is -0.745. The van der Waals surface area contributed by atoms with Crippen molar-refractivity contribution in [2.24, 2.45) is 0 Å². The number of rotatable bonds is 6. The van der Waals surface area contributed by atoms with Crippen LogP contribution in [0.3, 0.4) is 0 Å². The summed E-state index contributed by atoms with van der Waals surface area (Å²) in [5.41, 5.74) is 0.788. The molecule has 0 aliphatic carbocycles. The van der Waals surface area contributed by atoms with Gasteiger partial charge in [-0.05, 0) is 37.6 Å². The number of amides is 4. The molecule has 1 aromatic carbocycles. The van der Waals surface area contributed by atoms with Crippen molar-refractivity contribution in [3.8, 4) is 5.75 Å². The van der Waals surface area contributed by atoms with Crippen LogP contribution in [0.15, 0.2) is 24.3 Å². The Hall–Kier alpha value is -3.10. The number of hydrogen-bond acceptors (Lipinski definition) is 6. The Morgan fingerprint density at radius 3 is 2.52 bits per heavy atom. The molecule has 9 nitrogen and oxygen atoms in total. The second-order valence-electron chi connectivity index (χ2n) is 6.29. The lowest BCUT2D eigenvalue weighted by Crippen LogP contribution is -2.42. The first-order chi connectivity index (χ1) is 13.0. The van der Waals surface area contributed by atoms with Crippen LogP contribution in [0, 0.1) is 0 Å². The highest BCUT2D eigenvalue weighted by atomic mass is 16.6. The van der Waals surface area contributed by atoms with Crippen LogP contribution < -0.4 is 15.0 Å². The van der Waals surface area contributed by atoms with E-state index in [2.05, 4.69) is 5.32 Å². The van der Waals surface area contributed by atoms with Gasteiger partial charge in [0.25, 0.3) is 5.91 Å². The minimum Gasteiger partial charge on any atom is -0.482 e. The number of urea groups is 1. The molecule has 2 aliphatic rings. The van der Waals surface area contributed by atoms with Crippen LogP contribution in [0.4, 0.5) is 10.5 Å². The second kappa shape index (κ2) is 8.07. The van der Waals surface area contributed by atoms with E-state index in [4.69, 9.17) is 9.47 Å². The number of hydrogen-bond donors (Lipinski definition) is 1. The smallest absolute Gasteiger partial charge is 0.344 e. The van der Waals surface area contributed by atoms with Crippen molar-refractivity contribution in [3.63, 3.8) is 0 Å². The van der Waals surface area contributed by atoms with E-state index in [1.165, 1.54) is 6.92 Å². The highest BCUT2D eigenvalue weighted by molar-refractivity contribution is 5.98. The van der Waals surface area contributed by atoms with Crippen LogP contribution in [0.1, 0.15) is 19.8 Å². The molecular weight excluding hydrogens is 354 g/mol. The largest absolute Gasteiger partial charge is 0.482 e. The van der Waals surface area contributed by atoms with Gasteiger partial charge in [0.15, 0.2) is 12.7 Å². The Morgan fingerprint density at radius 2 is 1.93 bits per heavy atom. The molecule has 1 atom stereocenters. The quantitative estimate of drug-likeness (QED) is 0.733. The fourth-order valence-corrected chi connectivity index (χ4v) is 2.97. The first-order valence-electron chi connectivity index (χ1n) is 8.77. The first kappa shape index (κ1) is 18.7. The van der Waals surface area contributed by atoms with E-state index in [9.17, 15) is 19.2 Å². The summed E-state index contributed by atoms with van der Waals surface area (Å²) in [6.07, 6.45) is 0.326. The Kier molecular flexibility index (Phi) is 5.58. The number of carbonyl (C=O) groups is 4. The van der Waals surface area contributed by atoms with Gasteiger partial charge in [-0.3, -0.25) is 14.5 Å². The Labute approximate surface area is 156 Å². The summed E-state index contributed by atoms with van der Waals surface area (Å²) < 4.78 is 10.4. The third-order valence-corrected chi connectivity index (χ3v) is 4.36. The maximum Gasteiger partial charge on any atom is 0.344 e. The molecule has 0 radical (unpaired) electrons. The SMILES string of the molecule is C[C@H](OC(=O)COc1ccc(N2CCCC2=O)cc1)C(=O)N1CCNC1=O. The van der Waals surface area contributed by atoms with Crippen molar-refractivity contribution in [1.82, 2.24) is 10.2 Å². The first-order valence-corrected chi connectivity index (χ1v) is 8.77. The van der Waals surface area contributed by atoms with Gasteiger partial charge in [-0.15, -0.1) is 0 Å². The van der Waals surface area contributed by atoms with Crippen LogP contribution in [-0.4, -0.2) is 61.1 Å². The normalized spacial score (nSPS) is 17.7. The predicted octanol–water partition coefficient (Wildman–Crippen LogP) is 0.676. The van der Waals surface area contributed by atoms with Crippen LogP contribution in [-0.2, 0) is 19.1 Å². The van der Waals surface area contributed by atoms with E-state index in [0.29, 0.717) is 25.3 Å². The van der Waals surface area contributed by atoms with Crippen LogP contribution in [0.5, 0.6) is 5.75 Å². The fraction of sp³-hybridized carbons (Fsp3) is 0.444. The summed E-state index contributed by atoms with van der Waals surface area (Å²) in [5, 5.41) is 2.51. The standard InChI is InChI=1S/C18H21N3O6/c1-12(17(24)21-10-8-19-18(21)25)27-16(23)11-26-14-6-4-13(5-7-14)20-9-2-3-15(20)22/h4-7,12H,2-3,8-11H2,1H3,(H,19,25)/t12-/m0/s1. The molecule has 27 heavy (non-hydrogen) atoms. The topological polar surface area (TPSA) is 105 Å². The van der Waals surface area contributed by atoms with Crippen LogP contribution >= 0.6 is 0 Å². The molecule has 2 fully saturated rings. The molecule has 0 aromatic heterocycles. The van der Waals surface area contributed by atoms with Crippen molar-refractivity contribution in [2.75, 3.05) is 31.1 Å². The van der Waals surface area contributed by atoms with Gasteiger partial charge in [0.05, 0.1) is 0 Å². The molecule has 1 N–H and O–H groups in total. The monoisotopic (exact) mass is 375 g/mol. The molecule has 9 heteroatoms. The molecule has 2 heterocycles. The van der Waals surface area contributed by atoms with E-state index in [1.807, 2.05) is 0 Å². The van der Waals surface area contributed by atoms with Crippen molar-refractivity contribution in [2.45, 2.75) is 25.9 Å². The minimum atomic E-state index is -1.08. The van der Waals surface area contributed by atoms with Gasteiger partial charge in [-0.2, -0.15) is 0 Å². The average molecular weight is 375 g/mol. The maximum atomic E-state index is 12.1. The van der Waals surface area contributed by atoms with Crippen molar-refractivity contribution < 1.29 is 28.7 Å². The zero-order chi connectivity index (χ0) is 19.4. The lowest BCUT2D eigenvalue weighted by molar-refractivity contribution is -0.159. The number of carbonyl (C=O) groups excluding carboxylic acids is 4. The van der Waals surface area contributed by atoms with E-state index in [0.717, 1.165) is 17.0 Å². The molecule has 144 valence electrons. The van der Waals surface area contributed by atoms with Gasteiger partial charge in [0.1, 0.15) is 5.75 Å². The van der Waals surface area contributed by atoms with Crippen LogP contribution in [0.2, 0.25) is 0 Å². The zero-order valence-corrected chi connectivity index (χ0v) is 15.0. The molecule has 4 amide bonds. The summed E-state index contributed by atoms with van der Waals surface area (Å²) in [7, 11) is 0. The molecule has 0 bridgehead atoms. The number of ether oxygens (including phenoxy) is 2. The summed E-state index contributed by atoms with van der Waals surface area (Å²) in [6, 6.07) is 6.34. The second-order valence-corrected chi connectivity index (χ2v) is 6.29. The van der Waals surface area contributed by atoms with Crippen molar-refractivity contribution >= 4 is 29.5 Å². The molecule has 3 rings (SSSR count). The Morgan fingerprint density at radius 1 is 1.19 bits per heavy atom. The predicted molar refractivity (Wildman–Crippen MR) is 94.2 cm³/mol. The molecule has 2 aliphatic heterocycles. The highest BCUT2D eigenvalue weighted by Gasteiger charge is 2.31. The Balaban J connectivity index is 1.46. The molecular formula is C18H21N3O6. The number of imide groups is 1. The lowest BCUT2D eigenvalue weighted by atomic mass is 10.3. The van der Waals surface area contributed by atoms with E-state index in [-0.39, 0.29) is 19.1 Å². The average Bonchev–Trinajstić information content (AvgIpc) is 3.28. The highest BCUT2D eigenvalue weighted by Crippen LogP contribution is 2.23. The third-order valence-electron chi connectivity index (χ3n) is 4.36. The van der Waals surface area contributed by atoms with E-state index in [1.54, 1.807) is 29.2 Å². The zero-order valence-electron chi connectivity index (χ0n) is 15.0. The summed E-state index contributed by atoms with van der Waals surface area (Å²) in [6.45, 7) is 2.38. The summed E-state index contributed by atoms with van der Waals surface area (Å²) >= 11 is 0. The Bertz CT molecular complexity index is 748. The fourth-order valence-electron chi connectivity index (χ4n) is 2.97. The van der Waals surface area contributed by atoms with Gasteiger partial charge >= 0.3 is 12.0 Å². The molecule has 0 saturated carbocycles. The van der Waals surface area contributed by atoms with Gasteiger partial charge in [0, 0.05) is 31.7 Å². The molecule has 2 saturated heterocycles. The minimum absolute atomic E-state index is 0.0950. The van der Waals surface area contributed by atoms with Gasteiger partial charge in [0.2, 0.25) is 5.91 Å². The van der Waals surface area contributed by atoms with E-state index < -0.39 is 24.0 Å². The number of esters is 1. The summed E-state index contributed by atoms with van der Waals surface area (Å²) in [4.78, 5) is 49.9. The number of nitrogens with zero attached hydrogens (tertiary/aromatic N) is 2. The molecule has 1 aromatic rings. The third kappa shape index (κ3) is 4.36. The number of benzene rings is 1.